The number of nitrogens with zero attached hydrogens (tertiary/aromatic N) is 1. The quantitative estimate of drug-likeness (QED) is 0.620. The molecule has 0 amide bonds. The maximum Gasteiger partial charge on any atom is 0.187 e. The van der Waals surface area contributed by atoms with Gasteiger partial charge in [-0.15, -0.1) is 12.4 Å². The molecule has 0 saturated carbocycles. The lowest BCUT2D eigenvalue weighted by atomic mass is 10.1. The van der Waals surface area contributed by atoms with E-state index in [1.165, 1.54) is 18.4 Å². The molecule has 1 aliphatic heterocycles. The van der Waals surface area contributed by atoms with Gasteiger partial charge in [-0.3, -0.25) is 0 Å². The van der Waals surface area contributed by atoms with Gasteiger partial charge in [0.25, 0.3) is 0 Å². The van der Waals surface area contributed by atoms with E-state index in [-0.39, 0.29) is 23.3 Å². The number of nitrogens with two attached hydrogens (primary N) is 1. The molecule has 0 fully saturated rings. The zero-order valence-electron chi connectivity index (χ0n) is 5.90. The smallest absolute Gasteiger partial charge is 0.187 e. The van der Waals surface area contributed by atoms with Crippen LogP contribution >= 0.6 is 24.4 Å². The van der Waals surface area contributed by atoms with E-state index >= 15 is 0 Å². The fourth-order valence-electron chi connectivity index (χ4n) is 0.499. The molecular formula is C5H11ClN2OS. The Hall–Kier alpha value is 0.0700. The summed E-state index contributed by atoms with van der Waals surface area (Å²) >= 11 is 1.30. The molecule has 1 rings (SSSR count). The Labute approximate surface area is 71.0 Å². The van der Waals surface area contributed by atoms with Crippen molar-refractivity contribution < 1.29 is 4.18 Å². The first-order chi connectivity index (χ1) is 4.11. The second-order valence-corrected chi connectivity index (χ2v) is 3.45. The van der Waals surface area contributed by atoms with Crippen molar-refractivity contribution in [3.05, 3.63) is 0 Å². The molecule has 0 spiro atoms. The van der Waals surface area contributed by atoms with Crippen LogP contribution in [0.25, 0.3) is 0 Å². The summed E-state index contributed by atoms with van der Waals surface area (Å²) in [5.41, 5.74) is 5.45. The minimum atomic E-state index is -0.280. The second-order valence-electron chi connectivity index (χ2n) is 2.62. The Kier molecular flexibility index (Phi) is 3.48. The molecule has 3 nitrogen and oxygen atoms in total. The molecule has 0 aromatic heterocycles. The molecule has 0 bridgehead atoms. The number of rotatable bonds is 1. The summed E-state index contributed by atoms with van der Waals surface area (Å²) < 4.78 is 4.83. The van der Waals surface area contributed by atoms with Crippen LogP contribution in [0.15, 0.2) is 4.99 Å². The molecule has 5 heteroatoms. The van der Waals surface area contributed by atoms with Crippen LogP contribution in [-0.2, 0) is 4.18 Å². The highest BCUT2D eigenvalue weighted by atomic mass is 35.5. The molecule has 0 saturated heterocycles. The van der Waals surface area contributed by atoms with E-state index in [9.17, 15) is 0 Å². The first kappa shape index (κ1) is 10.1. The molecule has 10 heavy (non-hydrogen) atoms. The number of hydrogen-bond acceptors (Lipinski definition) is 4. The average Bonchev–Trinajstić information content (AvgIpc) is 2.08. The standard InChI is InChI=1S/C5H10N2OS.ClH/c1-5(2,6)4-7-3-8-9-4;/h3-4H,6H2,1-2H3;1H. The zero-order chi connectivity index (χ0) is 6.91. The van der Waals surface area contributed by atoms with Crippen LogP contribution in [0.4, 0.5) is 0 Å². The molecule has 0 aliphatic carbocycles. The Balaban J connectivity index is 0.000000810. The van der Waals surface area contributed by atoms with Crippen molar-refractivity contribution in [2.45, 2.75) is 24.8 Å². The van der Waals surface area contributed by atoms with Gasteiger partial charge in [-0.25, -0.2) is 4.99 Å². The van der Waals surface area contributed by atoms with E-state index in [0.29, 0.717) is 0 Å². The van der Waals surface area contributed by atoms with Crippen molar-refractivity contribution >= 4 is 30.9 Å². The van der Waals surface area contributed by atoms with Crippen LogP contribution in [0.3, 0.4) is 0 Å². The van der Waals surface area contributed by atoms with Crippen molar-refractivity contribution in [3.8, 4) is 0 Å². The third kappa shape index (κ3) is 2.36. The van der Waals surface area contributed by atoms with Crippen LogP contribution in [0.2, 0.25) is 0 Å². The van der Waals surface area contributed by atoms with E-state index in [1.54, 1.807) is 0 Å². The zero-order valence-corrected chi connectivity index (χ0v) is 7.54. The molecule has 1 aliphatic rings. The number of aliphatic imine (C=N–C) groups is 1. The van der Waals surface area contributed by atoms with Gasteiger partial charge in [0.15, 0.2) is 11.8 Å². The topological polar surface area (TPSA) is 47.6 Å². The van der Waals surface area contributed by atoms with E-state index in [1.807, 2.05) is 13.8 Å². The van der Waals surface area contributed by atoms with Crippen molar-refractivity contribution in [2.24, 2.45) is 10.7 Å². The summed E-state index contributed by atoms with van der Waals surface area (Å²) in [7, 11) is 0. The molecule has 1 heterocycles. The lowest BCUT2D eigenvalue weighted by Gasteiger charge is -2.20. The minimum absolute atomic E-state index is 0. The monoisotopic (exact) mass is 182 g/mol. The van der Waals surface area contributed by atoms with Gasteiger partial charge in [0.05, 0.1) is 12.0 Å². The number of hydrogen-bond donors (Lipinski definition) is 1. The van der Waals surface area contributed by atoms with Crippen LogP contribution in [0, 0.1) is 0 Å². The maximum absolute atomic E-state index is 5.73. The number of halogens is 1. The normalized spacial score (nSPS) is 23.7. The van der Waals surface area contributed by atoms with Crippen molar-refractivity contribution in [2.75, 3.05) is 0 Å². The van der Waals surface area contributed by atoms with Gasteiger partial charge in [0.2, 0.25) is 0 Å². The van der Waals surface area contributed by atoms with E-state index in [2.05, 4.69) is 4.99 Å². The van der Waals surface area contributed by atoms with Crippen LogP contribution in [-0.4, -0.2) is 17.3 Å². The average molecular weight is 183 g/mol. The molecule has 0 aromatic carbocycles. The predicted molar refractivity (Wildman–Crippen MR) is 46.5 cm³/mol. The van der Waals surface area contributed by atoms with Gasteiger partial charge >= 0.3 is 0 Å². The third-order valence-corrected chi connectivity index (χ3v) is 2.13. The SMILES string of the molecule is CC(C)(N)C1N=COS1.Cl. The summed E-state index contributed by atoms with van der Waals surface area (Å²) in [5.74, 6) is 0. The highest BCUT2D eigenvalue weighted by Gasteiger charge is 2.28. The molecule has 0 aromatic rings. The molecule has 0 radical (unpaired) electrons. The maximum atomic E-state index is 5.73. The molecule has 1 atom stereocenters. The molecular weight excluding hydrogens is 172 g/mol. The van der Waals surface area contributed by atoms with Gasteiger partial charge in [-0.05, 0) is 13.8 Å². The summed E-state index contributed by atoms with van der Waals surface area (Å²) in [4.78, 5) is 4.00. The first-order valence-corrected chi connectivity index (χ1v) is 3.54. The highest BCUT2D eigenvalue weighted by molar-refractivity contribution is 7.96. The Bertz CT molecular complexity index is 134. The van der Waals surface area contributed by atoms with E-state index in [4.69, 9.17) is 9.92 Å². The Morgan fingerprint density at radius 1 is 1.70 bits per heavy atom. The van der Waals surface area contributed by atoms with Crippen molar-refractivity contribution in [1.82, 2.24) is 0 Å². The largest absolute Gasteiger partial charge is 0.412 e. The fourth-order valence-corrected chi connectivity index (χ4v) is 1.05. The lowest BCUT2D eigenvalue weighted by Crippen LogP contribution is -2.41. The summed E-state index contributed by atoms with van der Waals surface area (Å²) in [5, 5.41) is 0.0532. The Morgan fingerprint density at radius 3 is 2.50 bits per heavy atom. The van der Waals surface area contributed by atoms with Gasteiger partial charge < -0.3 is 9.92 Å². The van der Waals surface area contributed by atoms with Crippen LogP contribution in [0.5, 0.6) is 0 Å². The van der Waals surface area contributed by atoms with Crippen LogP contribution in [0.1, 0.15) is 13.8 Å². The van der Waals surface area contributed by atoms with E-state index < -0.39 is 0 Å². The second kappa shape index (κ2) is 3.46. The molecule has 1 unspecified atom stereocenters. The lowest BCUT2D eigenvalue weighted by molar-refractivity contribution is 0.505. The summed E-state index contributed by atoms with van der Waals surface area (Å²) in [6.07, 6.45) is 1.43. The third-order valence-electron chi connectivity index (χ3n) is 1.02. The minimum Gasteiger partial charge on any atom is -0.412 e. The summed E-state index contributed by atoms with van der Waals surface area (Å²) in [6, 6.07) is 0. The van der Waals surface area contributed by atoms with Crippen LogP contribution < -0.4 is 5.73 Å². The van der Waals surface area contributed by atoms with Gasteiger partial charge in [-0.2, -0.15) is 0 Å². The molecule has 2 N–H and O–H groups in total. The molecule has 60 valence electrons. The van der Waals surface area contributed by atoms with Crippen molar-refractivity contribution in [3.63, 3.8) is 0 Å². The first-order valence-electron chi connectivity index (χ1n) is 2.73. The fraction of sp³-hybridized carbons (Fsp3) is 0.800. The predicted octanol–water partition coefficient (Wildman–Crippen LogP) is 1.18. The Morgan fingerprint density at radius 2 is 2.30 bits per heavy atom. The highest BCUT2D eigenvalue weighted by Crippen LogP contribution is 2.26. The van der Waals surface area contributed by atoms with Gasteiger partial charge in [0, 0.05) is 5.54 Å². The summed E-state index contributed by atoms with van der Waals surface area (Å²) in [6.45, 7) is 3.85. The van der Waals surface area contributed by atoms with E-state index in [0.717, 1.165) is 0 Å². The van der Waals surface area contributed by atoms with Gasteiger partial charge in [0.1, 0.15) is 0 Å². The van der Waals surface area contributed by atoms with Crippen molar-refractivity contribution in [1.29, 1.82) is 0 Å². The van der Waals surface area contributed by atoms with Gasteiger partial charge in [-0.1, -0.05) is 0 Å².